The van der Waals surface area contributed by atoms with Gasteiger partial charge < -0.3 is 25.8 Å². The molecule has 2 aliphatic heterocycles. The predicted molar refractivity (Wildman–Crippen MR) is 137 cm³/mol. The van der Waals surface area contributed by atoms with E-state index in [1.807, 2.05) is 45.0 Å². The molecule has 9 nitrogen and oxygen atoms in total. The summed E-state index contributed by atoms with van der Waals surface area (Å²) in [7, 11) is 3.85. The summed E-state index contributed by atoms with van der Waals surface area (Å²) >= 11 is 0. The van der Waals surface area contributed by atoms with E-state index in [-0.39, 0.29) is 42.0 Å². The van der Waals surface area contributed by atoms with Crippen molar-refractivity contribution in [2.24, 2.45) is 11.7 Å². The van der Waals surface area contributed by atoms with Crippen molar-refractivity contribution in [3.05, 3.63) is 29.8 Å². The Morgan fingerprint density at radius 3 is 2.33 bits per heavy atom. The van der Waals surface area contributed by atoms with E-state index in [4.69, 9.17) is 5.73 Å². The highest BCUT2D eigenvalue weighted by molar-refractivity contribution is 6.01. The molecule has 2 heterocycles. The molecule has 196 valence electrons. The summed E-state index contributed by atoms with van der Waals surface area (Å²) in [5.41, 5.74) is 6.96. The maximum atomic E-state index is 13.7. The third kappa shape index (κ3) is 4.98. The van der Waals surface area contributed by atoms with E-state index in [0.717, 1.165) is 18.5 Å². The van der Waals surface area contributed by atoms with Gasteiger partial charge in [-0.15, -0.1) is 0 Å². The van der Waals surface area contributed by atoms with Crippen molar-refractivity contribution < 1.29 is 19.2 Å². The molecule has 1 aromatic carbocycles. The van der Waals surface area contributed by atoms with Crippen LogP contribution in [0.25, 0.3) is 0 Å². The van der Waals surface area contributed by atoms with Gasteiger partial charge in [0.2, 0.25) is 11.8 Å². The predicted octanol–water partition coefficient (Wildman–Crippen LogP) is 1.55. The summed E-state index contributed by atoms with van der Waals surface area (Å²) in [6, 6.07) is 5.43. The van der Waals surface area contributed by atoms with Crippen LogP contribution in [0.2, 0.25) is 0 Å². The van der Waals surface area contributed by atoms with Crippen molar-refractivity contribution >= 4 is 29.2 Å². The Hall–Kier alpha value is -2.94. The molecule has 0 aromatic heterocycles. The van der Waals surface area contributed by atoms with E-state index in [2.05, 4.69) is 5.32 Å². The highest BCUT2D eigenvalue weighted by Gasteiger charge is 2.55. The lowest BCUT2D eigenvalue weighted by atomic mass is 9.96. The number of hydrogen-bond acceptors (Lipinski definition) is 6. The van der Waals surface area contributed by atoms with Gasteiger partial charge in [0, 0.05) is 31.9 Å². The zero-order valence-electron chi connectivity index (χ0n) is 21.8. The van der Waals surface area contributed by atoms with Gasteiger partial charge in [0.15, 0.2) is 5.78 Å². The number of anilines is 1. The minimum Gasteiger partial charge on any atom is -0.378 e. The molecule has 0 bridgehead atoms. The molecule has 1 aliphatic carbocycles. The highest BCUT2D eigenvalue weighted by atomic mass is 16.2. The number of nitrogens with two attached hydrogens (primary N) is 1. The van der Waals surface area contributed by atoms with Crippen molar-refractivity contribution in [3.63, 3.8) is 0 Å². The fourth-order valence-corrected chi connectivity index (χ4v) is 5.89. The van der Waals surface area contributed by atoms with Crippen molar-refractivity contribution in [2.45, 2.75) is 76.0 Å². The number of likely N-dealkylation sites (tertiary alicyclic amines) is 2. The average molecular weight is 498 g/mol. The molecule has 1 unspecified atom stereocenters. The molecule has 0 radical (unpaired) electrons. The Morgan fingerprint density at radius 2 is 1.75 bits per heavy atom. The van der Waals surface area contributed by atoms with E-state index in [1.165, 1.54) is 0 Å². The average Bonchev–Trinajstić information content (AvgIpc) is 3.55. The van der Waals surface area contributed by atoms with Crippen molar-refractivity contribution in [2.75, 3.05) is 32.1 Å². The minimum absolute atomic E-state index is 0.00364. The summed E-state index contributed by atoms with van der Waals surface area (Å²) in [6.45, 7) is 4.36. The fraction of sp³-hybridized carbons (Fsp3) is 0.630. The Kier molecular flexibility index (Phi) is 7.41. The van der Waals surface area contributed by atoms with Crippen LogP contribution in [0.3, 0.4) is 0 Å². The number of Topliss-reactive ketones (excluding diaryl/α,β-unsaturated/α-hetero) is 1. The minimum atomic E-state index is -0.900. The Bertz CT molecular complexity index is 1020. The van der Waals surface area contributed by atoms with E-state index in [1.54, 1.807) is 21.9 Å². The van der Waals surface area contributed by atoms with Crippen LogP contribution in [-0.4, -0.2) is 84.2 Å². The molecule has 3 aliphatic rings. The summed E-state index contributed by atoms with van der Waals surface area (Å²) in [5, 5.41) is 2.91. The van der Waals surface area contributed by atoms with Crippen LogP contribution < -0.4 is 16.0 Å². The van der Waals surface area contributed by atoms with Gasteiger partial charge in [-0.2, -0.15) is 0 Å². The first-order valence-electron chi connectivity index (χ1n) is 13.0. The second-order valence-electron chi connectivity index (χ2n) is 11.2. The molecule has 4 rings (SSSR count). The van der Waals surface area contributed by atoms with Crippen LogP contribution in [0, 0.1) is 5.92 Å². The second kappa shape index (κ2) is 10.2. The topological polar surface area (TPSA) is 116 Å². The van der Waals surface area contributed by atoms with Crippen molar-refractivity contribution in [3.8, 4) is 0 Å². The van der Waals surface area contributed by atoms with E-state index in [0.29, 0.717) is 37.8 Å². The zero-order chi connectivity index (χ0) is 26.2. The molecule has 3 amide bonds. The molecule has 9 heteroatoms. The number of benzene rings is 1. The summed E-state index contributed by atoms with van der Waals surface area (Å²) in [6.07, 6.45) is 4.09. The lowest BCUT2D eigenvalue weighted by molar-refractivity contribution is -0.138. The summed E-state index contributed by atoms with van der Waals surface area (Å²) in [4.78, 5) is 58.2. The largest absolute Gasteiger partial charge is 0.378 e. The summed E-state index contributed by atoms with van der Waals surface area (Å²) in [5.74, 6) is -0.722. The number of hydrogen-bond donors (Lipinski definition) is 2. The molecular formula is C27H39N5O4. The number of ketones is 1. The van der Waals surface area contributed by atoms with Gasteiger partial charge in [-0.3, -0.25) is 19.2 Å². The monoisotopic (exact) mass is 497 g/mol. The van der Waals surface area contributed by atoms with Gasteiger partial charge in [0.05, 0.1) is 18.1 Å². The van der Waals surface area contributed by atoms with Crippen LogP contribution in [0.5, 0.6) is 0 Å². The third-order valence-corrected chi connectivity index (χ3v) is 7.84. The van der Waals surface area contributed by atoms with Gasteiger partial charge in [-0.1, -0.05) is 26.7 Å². The van der Waals surface area contributed by atoms with Gasteiger partial charge in [-0.25, -0.2) is 0 Å². The molecule has 3 atom stereocenters. The van der Waals surface area contributed by atoms with Crippen molar-refractivity contribution in [1.82, 2.24) is 15.1 Å². The maximum absolute atomic E-state index is 13.7. The molecule has 3 N–H and O–H groups in total. The molecule has 0 spiro atoms. The fourth-order valence-electron chi connectivity index (χ4n) is 5.89. The number of fused-ring (bicyclic) bond motifs is 1. The Labute approximate surface area is 213 Å². The smallest absolute Gasteiger partial charge is 0.251 e. The second-order valence-corrected chi connectivity index (χ2v) is 11.2. The molecule has 2 saturated heterocycles. The van der Waals surface area contributed by atoms with Crippen LogP contribution in [0.4, 0.5) is 5.69 Å². The molecule has 1 saturated carbocycles. The molecular weight excluding hydrogens is 458 g/mol. The van der Waals surface area contributed by atoms with Crippen LogP contribution in [0.15, 0.2) is 24.3 Å². The number of amides is 3. The quantitative estimate of drug-likeness (QED) is 0.591. The first kappa shape index (κ1) is 26.1. The lowest BCUT2D eigenvalue weighted by Crippen LogP contribution is -2.56. The standard InChI is InChI=1S/C27H39N5O4/c1-17(2)15-20(29-24(34)18-7-9-19(10-8-18)30(3)4)25(35)31-14-11-21-23(31)22(33)16-32(21)26(36)27(28)12-5-6-13-27/h7-10,17,20-21,23H,5-6,11-16,28H2,1-4H3,(H,29,34)/t20-,21?,23-/m0/s1. The molecule has 3 fully saturated rings. The number of nitrogens with one attached hydrogen (secondary N) is 1. The van der Waals surface area contributed by atoms with Gasteiger partial charge in [0.1, 0.15) is 12.1 Å². The summed E-state index contributed by atoms with van der Waals surface area (Å²) < 4.78 is 0. The van der Waals surface area contributed by atoms with E-state index < -0.39 is 17.6 Å². The van der Waals surface area contributed by atoms with E-state index in [9.17, 15) is 19.2 Å². The van der Waals surface area contributed by atoms with Gasteiger partial charge in [0.25, 0.3) is 5.91 Å². The maximum Gasteiger partial charge on any atom is 0.251 e. The Balaban J connectivity index is 1.49. The van der Waals surface area contributed by atoms with Crippen LogP contribution in [0.1, 0.15) is 62.7 Å². The lowest BCUT2D eigenvalue weighted by Gasteiger charge is -2.32. The van der Waals surface area contributed by atoms with Crippen molar-refractivity contribution in [1.29, 1.82) is 0 Å². The first-order chi connectivity index (χ1) is 17.0. The SMILES string of the molecule is CC(C)C[C@H](NC(=O)c1ccc(N(C)C)cc1)C(=O)N1CCC2[C@H]1C(=O)CN2C(=O)C1(N)CCCC1. The molecule has 1 aromatic rings. The van der Waals surface area contributed by atoms with Crippen LogP contribution >= 0.6 is 0 Å². The Morgan fingerprint density at radius 1 is 1.11 bits per heavy atom. The number of carbonyl (C=O) groups excluding carboxylic acids is 4. The zero-order valence-corrected chi connectivity index (χ0v) is 21.8. The third-order valence-electron chi connectivity index (χ3n) is 7.84. The van der Waals surface area contributed by atoms with E-state index >= 15 is 0 Å². The van der Waals surface area contributed by atoms with Gasteiger partial charge in [-0.05, 0) is 55.9 Å². The normalized spacial score (nSPS) is 23.7. The van der Waals surface area contributed by atoms with Gasteiger partial charge >= 0.3 is 0 Å². The number of nitrogens with zero attached hydrogens (tertiary/aromatic N) is 3. The number of carbonyl (C=O) groups is 4. The molecule has 36 heavy (non-hydrogen) atoms. The number of rotatable bonds is 7. The highest BCUT2D eigenvalue weighted by Crippen LogP contribution is 2.35. The first-order valence-corrected chi connectivity index (χ1v) is 13.0. The van der Waals surface area contributed by atoms with Crippen LogP contribution in [-0.2, 0) is 14.4 Å².